The van der Waals surface area contributed by atoms with Crippen LogP contribution in [0.2, 0.25) is 0 Å². The smallest absolute Gasteiger partial charge is 0.339 e. The molecule has 4 atom stereocenters. The summed E-state index contributed by atoms with van der Waals surface area (Å²) in [5.41, 5.74) is 2.26. The topological polar surface area (TPSA) is 127 Å². The van der Waals surface area contributed by atoms with Crippen LogP contribution in [-0.2, 0) is 38.1 Å². The van der Waals surface area contributed by atoms with Crippen molar-refractivity contribution >= 4 is 23.9 Å². The number of aromatic nitrogens is 1. The van der Waals surface area contributed by atoms with Crippen molar-refractivity contribution in [1.82, 2.24) is 4.98 Å². The maximum Gasteiger partial charge on any atom is 0.339 e. The Hall–Kier alpha value is -3.79. The number of benzene rings is 1. The van der Waals surface area contributed by atoms with Gasteiger partial charge in [0.15, 0.2) is 6.10 Å². The van der Waals surface area contributed by atoms with E-state index in [4.69, 9.17) is 23.7 Å². The molecule has 2 aromatic rings. The van der Waals surface area contributed by atoms with Gasteiger partial charge in [0.1, 0.15) is 18.8 Å². The quantitative estimate of drug-likeness (QED) is 0.427. The molecule has 0 amide bonds. The first kappa shape index (κ1) is 25.8. The van der Waals surface area contributed by atoms with E-state index >= 15 is 0 Å². The molecule has 1 saturated heterocycles. The molecular weight excluding hydrogens is 458 g/mol. The second kappa shape index (κ2) is 11.6. The van der Waals surface area contributed by atoms with Gasteiger partial charge in [-0.15, -0.1) is 0 Å². The Bertz CT molecular complexity index is 1080. The maximum absolute atomic E-state index is 11.9. The van der Waals surface area contributed by atoms with Crippen molar-refractivity contribution in [2.45, 2.75) is 51.6 Å². The maximum atomic E-state index is 11.9. The van der Waals surface area contributed by atoms with Crippen LogP contribution in [0.4, 0.5) is 0 Å². The predicted octanol–water partition coefficient (Wildman–Crippen LogP) is 2.79. The fraction of sp³-hybridized carbons (Fsp3) is 0.400. The molecule has 0 saturated carbocycles. The minimum atomic E-state index is -0.921. The Morgan fingerprint density at radius 2 is 1.74 bits per heavy atom. The molecule has 1 aromatic carbocycles. The van der Waals surface area contributed by atoms with E-state index in [9.17, 15) is 19.2 Å². The molecule has 1 aliphatic heterocycles. The molecule has 0 bridgehead atoms. The van der Waals surface area contributed by atoms with Crippen molar-refractivity contribution in [3.8, 4) is 11.3 Å². The normalized spacial score (nSPS) is 21.5. The lowest BCUT2D eigenvalue weighted by Gasteiger charge is -2.40. The van der Waals surface area contributed by atoms with Crippen molar-refractivity contribution < 1.29 is 42.9 Å². The molecule has 0 N–H and O–H groups in total. The summed E-state index contributed by atoms with van der Waals surface area (Å²) in [6.45, 7) is 3.76. The van der Waals surface area contributed by atoms with Crippen LogP contribution < -0.4 is 0 Å². The van der Waals surface area contributed by atoms with E-state index in [1.54, 1.807) is 30.3 Å². The second-order valence-corrected chi connectivity index (χ2v) is 7.99. The van der Waals surface area contributed by atoms with Gasteiger partial charge in [-0.05, 0) is 23.8 Å². The number of carbonyl (C=O) groups is 4. The van der Waals surface area contributed by atoms with Gasteiger partial charge in [-0.25, -0.2) is 4.79 Å². The third kappa shape index (κ3) is 6.86. The van der Waals surface area contributed by atoms with E-state index in [2.05, 4.69) is 4.98 Å². The molecule has 1 fully saturated rings. The third-order valence-electron chi connectivity index (χ3n) is 5.29. The van der Waals surface area contributed by atoms with Gasteiger partial charge in [0.25, 0.3) is 0 Å². The van der Waals surface area contributed by atoms with Crippen LogP contribution >= 0.6 is 0 Å². The number of carbonyl (C=O) groups excluding carboxylic acids is 4. The van der Waals surface area contributed by atoms with E-state index in [1.165, 1.54) is 34.1 Å². The molecule has 2 heterocycles. The molecule has 0 aliphatic carbocycles. The zero-order chi connectivity index (χ0) is 25.5. The molecule has 10 heteroatoms. The van der Waals surface area contributed by atoms with Crippen LogP contribution in [0, 0.1) is 0 Å². The average Bonchev–Trinajstić information content (AvgIpc) is 2.83. The van der Waals surface area contributed by atoms with E-state index in [-0.39, 0.29) is 13.0 Å². The summed E-state index contributed by atoms with van der Waals surface area (Å²) >= 11 is 0. The number of methoxy groups -OCH3 is 1. The molecular formula is C25H27NO9. The third-order valence-corrected chi connectivity index (χ3v) is 5.29. The Kier molecular flexibility index (Phi) is 8.53. The highest BCUT2D eigenvalue weighted by atomic mass is 16.6. The minimum Gasteiger partial charge on any atom is -0.465 e. The Labute approximate surface area is 202 Å². The summed E-state index contributed by atoms with van der Waals surface area (Å²) < 4.78 is 27.0. The second-order valence-electron chi connectivity index (χ2n) is 7.99. The highest BCUT2D eigenvalue weighted by Gasteiger charge is 2.44. The SMILES string of the molecule is COC(=O)c1ccc(-c2cccc([C@H]3O[C@H](COC(C)=O)C[C@H](OC(C)=O)[C@@H]3OC(C)=O)c2)nc1. The number of ether oxygens (including phenoxy) is 5. The van der Waals surface area contributed by atoms with E-state index in [0.717, 1.165) is 5.56 Å². The molecule has 1 aromatic heterocycles. The fourth-order valence-corrected chi connectivity index (χ4v) is 3.85. The van der Waals surface area contributed by atoms with Gasteiger partial charge in [-0.3, -0.25) is 19.4 Å². The highest BCUT2D eigenvalue weighted by Crippen LogP contribution is 2.37. The molecule has 35 heavy (non-hydrogen) atoms. The van der Waals surface area contributed by atoms with Gasteiger partial charge in [-0.2, -0.15) is 0 Å². The lowest BCUT2D eigenvalue weighted by molar-refractivity contribution is -0.214. The number of nitrogens with zero attached hydrogens (tertiary/aromatic N) is 1. The van der Waals surface area contributed by atoms with Gasteiger partial charge in [0.2, 0.25) is 0 Å². The molecule has 10 nitrogen and oxygen atoms in total. The summed E-state index contributed by atoms with van der Waals surface area (Å²) in [4.78, 5) is 51.0. The summed E-state index contributed by atoms with van der Waals surface area (Å²) in [7, 11) is 1.29. The zero-order valence-corrected chi connectivity index (χ0v) is 19.9. The van der Waals surface area contributed by atoms with Gasteiger partial charge >= 0.3 is 23.9 Å². The van der Waals surface area contributed by atoms with Crippen LogP contribution in [0.25, 0.3) is 11.3 Å². The minimum absolute atomic E-state index is 0.0490. The summed E-state index contributed by atoms with van der Waals surface area (Å²) in [5, 5.41) is 0. The largest absolute Gasteiger partial charge is 0.465 e. The molecule has 1 aliphatic rings. The van der Waals surface area contributed by atoms with Gasteiger partial charge in [0, 0.05) is 39.0 Å². The number of pyridine rings is 1. The number of esters is 4. The Morgan fingerprint density at radius 1 is 1.00 bits per heavy atom. The summed E-state index contributed by atoms with van der Waals surface area (Å²) in [6.07, 6.45) is -1.55. The van der Waals surface area contributed by atoms with Crippen molar-refractivity contribution in [3.63, 3.8) is 0 Å². The van der Waals surface area contributed by atoms with Crippen molar-refractivity contribution in [2.24, 2.45) is 0 Å². The first-order valence-electron chi connectivity index (χ1n) is 11.0. The summed E-state index contributed by atoms with van der Waals surface area (Å²) in [5.74, 6) is -2.06. The first-order valence-corrected chi connectivity index (χ1v) is 11.0. The van der Waals surface area contributed by atoms with E-state index in [1.807, 2.05) is 6.07 Å². The monoisotopic (exact) mass is 485 g/mol. The summed E-state index contributed by atoms with van der Waals surface area (Å²) in [6, 6.07) is 10.5. The van der Waals surface area contributed by atoms with Crippen LogP contribution in [0.3, 0.4) is 0 Å². The van der Waals surface area contributed by atoms with Gasteiger partial charge < -0.3 is 23.7 Å². The number of rotatable bonds is 7. The van der Waals surface area contributed by atoms with Crippen molar-refractivity contribution in [1.29, 1.82) is 0 Å². The van der Waals surface area contributed by atoms with Crippen LogP contribution in [0.5, 0.6) is 0 Å². The highest BCUT2D eigenvalue weighted by molar-refractivity contribution is 5.89. The standard InChI is InChI=1S/C25H27NO9/c1-14(27)32-13-20-11-22(33-15(2)28)24(34-16(3)29)23(35-20)18-7-5-6-17(10-18)21-9-8-19(12-26-21)25(30)31-4/h5-10,12,20,22-24H,11,13H2,1-4H3/t20-,22-,23+,24-/m0/s1. The van der Waals surface area contributed by atoms with Crippen molar-refractivity contribution in [2.75, 3.05) is 13.7 Å². The van der Waals surface area contributed by atoms with Crippen molar-refractivity contribution in [3.05, 3.63) is 53.7 Å². The van der Waals surface area contributed by atoms with Crippen LogP contribution in [0.1, 0.15) is 49.2 Å². The molecule has 0 radical (unpaired) electrons. The molecule has 0 unspecified atom stereocenters. The lowest BCUT2D eigenvalue weighted by atomic mass is 9.91. The molecule has 3 rings (SSSR count). The average molecular weight is 485 g/mol. The molecule has 0 spiro atoms. The zero-order valence-electron chi connectivity index (χ0n) is 19.9. The van der Waals surface area contributed by atoms with Gasteiger partial charge in [-0.1, -0.05) is 18.2 Å². The Balaban J connectivity index is 1.95. The first-order chi connectivity index (χ1) is 16.7. The number of hydrogen-bond donors (Lipinski definition) is 0. The van der Waals surface area contributed by atoms with E-state index in [0.29, 0.717) is 16.8 Å². The predicted molar refractivity (Wildman–Crippen MR) is 121 cm³/mol. The fourth-order valence-electron chi connectivity index (χ4n) is 3.85. The Morgan fingerprint density at radius 3 is 2.34 bits per heavy atom. The molecule has 186 valence electrons. The van der Waals surface area contributed by atoms with E-state index < -0.39 is 48.3 Å². The van der Waals surface area contributed by atoms with Crippen LogP contribution in [-0.4, -0.2) is 60.9 Å². The number of hydrogen-bond acceptors (Lipinski definition) is 10. The lowest BCUT2D eigenvalue weighted by Crippen LogP contribution is -2.48. The van der Waals surface area contributed by atoms with Crippen LogP contribution in [0.15, 0.2) is 42.6 Å². The van der Waals surface area contributed by atoms with Gasteiger partial charge in [0.05, 0.1) is 24.5 Å².